The van der Waals surface area contributed by atoms with Crippen LogP contribution >= 0.6 is 31.9 Å². The predicted octanol–water partition coefficient (Wildman–Crippen LogP) is 4.82. The van der Waals surface area contributed by atoms with Crippen molar-refractivity contribution in [1.82, 2.24) is 4.98 Å². The first-order valence-electron chi connectivity index (χ1n) is 6.08. The van der Waals surface area contributed by atoms with E-state index in [0.29, 0.717) is 0 Å². The summed E-state index contributed by atoms with van der Waals surface area (Å²) in [7, 11) is 1.68. The molecule has 0 saturated carbocycles. The molecule has 0 aliphatic rings. The summed E-state index contributed by atoms with van der Waals surface area (Å²) < 4.78 is 7.42. The highest BCUT2D eigenvalue weighted by Crippen LogP contribution is 2.42. The summed E-state index contributed by atoms with van der Waals surface area (Å²) in [5, 5.41) is 4.44. The maximum Gasteiger partial charge on any atom is 0.144 e. The Hall–Kier alpha value is -0.810. The van der Waals surface area contributed by atoms with Gasteiger partial charge < -0.3 is 10.1 Å². The van der Waals surface area contributed by atoms with Gasteiger partial charge in [-0.2, -0.15) is 0 Å². The van der Waals surface area contributed by atoms with Gasteiger partial charge in [0.05, 0.1) is 28.2 Å². The lowest BCUT2D eigenvalue weighted by molar-refractivity contribution is 0.417. The van der Waals surface area contributed by atoms with Crippen molar-refractivity contribution in [1.29, 1.82) is 0 Å². The van der Waals surface area contributed by atoms with Crippen LogP contribution in [0.4, 0.5) is 5.69 Å². The molecule has 0 atom stereocenters. The number of aryl methyl sites for hydroxylation is 1. The molecule has 1 aromatic heterocycles. The van der Waals surface area contributed by atoms with Gasteiger partial charge in [-0.3, -0.25) is 4.98 Å². The minimum absolute atomic E-state index is 0.810. The van der Waals surface area contributed by atoms with E-state index in [4.69, 9.17) is 4.74 Å². The van der Waals surface area contributed by atoms with Crippen molar-refractivity contribution in [2.24, 2.45) is 0 Å². The van der Waals surface area contributed by atoms with Gasteiger partial charge in [0.1, 0.15) is 5.75 Å². The third kappa shape index (κ3) is 2.46. The second-order valence-corrected chi connectivity index (χ2v) is 6.03. The number of hydrogen-bond acceptors (Lipinski definition) is 3. The fourth-order valence-corrected chi connectivity index (χ4v) is 3.56. The summed E-state index contributed by atoms with van der Waals surface area (Å²) in [5.74, 6) is 0.810. The zero-order valence-electron chi connectivity index (χ0n) is 11.4. The number of hydrogen-bond donors (Lipinski definition) is 1. The summed E-state index contributed by atoms with van der Waals surface area (Å²) in [4.78, 5) is 4.68. The third-order valence-electron chi connectivity index (χ3n) is 3.17. The molecule has 0 bridgehead atoms. The van der Waals surface area contributed by atoms with Crippen LogP contribution in [0.15, 0.2) is 15.0 Å². The van der Waals surface area contributed by atoms with E-state index in [2.05, 4.69) is 56.0 Å². The Morgan fingerprint density at radius 3 is 2.53 bits per heavy atom. The molecule has 2 rings (SSSR count). The van der Waals surface area contributed by atoms with E-state index in [-0.39, 0.29) is 0 Å². The molecule has 2 aromatic rings. The fourth-order valence-electron chi connectivity index (χ4n) is 2.15. The minimum atomic E-state index is 0.810. The largest absolute Gasteiger partial charge is 0.495 e. The van der Waals surface area contributed by atoms with Gasteiger partial charge in [0.15, 0.2) is 0 Å². The quantitative estimate of drug-likeness (QED) is 0.819. The molecule has 0 aliphatic heterocycles. The van der Waals surface area contributed by atoms with Crippen LogP contribution in [0.5, 0.6) is 5.75 Å². The molecular weight excluding hydrogens is 372 g/mol. The van der Waals surface area contributed by atoms with Crippen LogP contribution in [0.2, 0.25) is 0 Å². The van der Waals surface area contributed by atoms with Gasteiger partial charge in [0, 0.05) is 16.7 Å². The number of pyridine rings is 1. The van der Waals surface area contributed by atoms with Crippen molar-refractivity contribution >= 4 is 48.5 Å². The lowest BCUT2D eigenvalue weighted by atomic mass is 10.1. The molecule has 0 unspecified atom stereocenters. The smallest absolute Gasteiger partial charge is 0.144 e. The van der Waals surface area contributed by atoms with Gasteiger partial charge in [-0.1, -0.05) is 0 Å². The summed E-state index contributed by atoms with van der Waals surface area (Å²) >= 11 is 7.13. The number of ether oxygens (including phenoxy) is 1. The van der Waals surface area contributed by atoms with E-state index in [9.17, 15) is 0 Å². The Bertz CT molecular complexity index is 641. The maximum absolute atomic E-state index is 5.55. The zero-order chi connectivity index (χ0) is 14.2. The molecule has 5 heteroatoms. The van der Waals surface area contributed by atoms with Crippen molar-refractivity contribution in [2.45, 2.75) is 20.8 Å². The monoisotopic (exact) mass is 386 g/mol. The van der Waals surface area contributed by atoms with E-state index in [1.807, 2.05) is 13.0 Å². The number of nitrogens with one attached hydrogen (secondary N) is 1. The Morgan fingerprint density at radius 1 is 1.26 bits per heavy atom. The fraction of sp³-hybridized carbons (Fsp3) is 0.357. The Kier molecular flexibility index (Phi) is 4.36. The van der Waals surface area contributed by atoms with Gasteiger partial charge in [-0.15, -0.1) is 0 Å². The van der Waals surface area contributed by atoms with Crippen LogP contribution in [0.25, 0.3) is 10.9 Å². The van der Waals surface area contributed by atoms with Crippen LogP contribution in [0.3, 0.4) is 0 Å². The second-order valence-electron chi connectivity index (χ2n) is 4.32. The SMILES string of the molecule is CCNc1c(C)c(C)nc2c(Br)cc(Br)c(OC)c12. The first-order chi connectivity index (χ1) is 9.01. The zero-order valence-corrected chi connectivity index (χ0v) is 14.6. The molecular formula is C14H16Br2N2O. The van der Waals surface area contributed by atoms with Crippen LogP contribution < -0.4 is 10.1 Å². The molecule has 0 aliphatic carbocycles. The van der Waals surface area contributed by atoms with Crippen LogP contribution in [-0.4, -0.2) is 18.6 Å². The third-order valence-corrected chi connectivity index (χ3v) is 4.36. The molecule has 19 heavy (non-hydrogen) atoms. The summed E-state index contributed by atoms with van der Waals surface area (Å²) in [5.41, 5.74) is 4.18. The van der Waals surface area contributed by atoms with Crippen molar-refractivity contribution in [3.63, 3.8) is 0 Å². The standard InChI is InChI=1S/C14H16Br2N2O/c1-5-17-12-7(2)8(3)18-13-9(15)6-10(16)14(19-4)11(12)13/h6H,5H2,1-4H3,(H,17,18). The Labute approximate surface area is 130 Å². The molecule has 1 aromatic carbocycles. The van der Waals surface area contributed by atoms with Gasteiger partial charge >= 0.3 is 0 Å². The van der Waals surface area contributed by atoms with Crippen molar-refractivity contribution in [2.75, 3.05) is 19.0 Å². The first kappa shape index (κ1) is 14.6. The number of halogens is 2. The van der Waals surface area contributed by atoms with E-state index in [0.717, 1.165) is 49.1 Å². The number of nitrogens with zero attached hydrogens (tertiary/aromatic N) is 1. The summed E-state index contributed by atoms with van der Waals surface area (Å²) in [6, 6.07) is 1.97. The number of anilines is 1. The van der Waals surface area contributed by atoms with Gasteiger partial charge in [0.25, 0.3) is 0 Å². The van der Waals surface area contributed by atoms with E-state index >= 15 is 0 Å². The highest BCUT2D eigenvalue weighted by molar-refractivity contribution is 9.11. The number of fused-ring (bicyclic) bond motifs is 1. The van der Waals surface area contributed by atoms with Crippen molar-refractivity contribution in [3.05, 3.63) is 26.3 Å². The lowest BCUT2D eigenvalue weighted by Gasteiger charge is -2.17. The minimum Gasteiger partial charge on any atom is -0.495 e. The predicted molar refractivity (Wildman–Crippen MR) is 87.3 cm³/mol. The van der Waals surface area contributed by atoms with Gasteiger partial charge in [-0.25, -0.2) is 0 Å². The lowest BCUT2D eigenvalue weighted by Crippen LogP contribution is -2.04. The van der Waals surface area contributed by atoms with Crippen LogP contribution in [0, 0.1) is 13.8 Å². The van der Waals surface area contributed by atoms with Crippen molar-refractivity contribution < 1.29 is 4.74 Å². The molecule has 102 valence electrons. The molecule has 0 saturated heterocycles. The number of benzene rings is 1. The number of rotatable bonds is 3. The molecule has 1 N–H and O–H groups in total. The molecule has 0 amide bonds. The normalized spacial score (nSPS) is 10.8. The highest BCUT2D eigenvalue weighted by Gasteiger charge is 2.18. The Morgan fingerprint density at radius 2 is 1.95 bits per heavy atom. The van der Waals surface area contributed by atoms with Gasteiger partial charge in [0.2, 0.25) is 0 Å². The molecule has 3 nitrogen and oxygen atoms in total. The number of aromatic nitrogens is 1. The average molecular weight is 388 g/mol. The molecule has 0 radical (unpaired) electrons. The van der Waals surface area contributed by atoms with Gasteiger partial charge in [-0.05, 0) is 64.3 Å². The molecule has 1 heterocycles. The molecule has 0 spiro atoms. The summed E-state index contributed by atoms with van der Waals surface area (Å²) in [6.45, 7) is 7.04. The molecule has 0 fully saturated rings. The number of methoxy groups -OCH3 is 1. The van der Waals surface area contributed by atoms with E-state index in [1.165, 1.54) is 0 Å². The highest BCUT2D eigenvalue weighted by atomic mass is 79.9. The van der Waals surface area contributed by atoms with Crippen molar-refractivity contribution in [3.8, 4) is 5.75 Å². The second kappa shape index (κ2) is 5.67. The summed E-state index contributed by atoms with van der Waals surface area (Å²) in [6.07, 6.45) is 0. The van der Waals surface area contributed by atoms with E-state index < -0.39 is 0 Å². The first-order valence-corrected chi connectivity index (χ1v) is 7.66. The maximum atomic E-state index is 5.55. The topological polar surface area (TPSA) is 34.2 Å². The van der Waals surface area contributed by atoms with Crippen LogP contribution in [-0.2, 0) is 0 Å². The average Bonchev–Trinajstić information content (AvgIpc) is 2.36. The Balaban J connectivity index is 2.98. The van der Waals surface area contributed by atoms with Crippen LogP contribution in [0.1, 0.15) is 18.2 Å². The van der Waals surface area contributed by atoms with E-state index in [1.54, 1.807) is 7.11 Å².